The number of nitrogens with two attached hydrogens (primary N) is 1. The number of hydrogen-bond acceptors (Lipinski definition) is 6. The molecule has 5 rings (SSSR count). The Balaban J connectivity index is 1.28. The standard InChI is InChI=1S/C29H36F3N5O3/c1-19-14-36(18-27(33)38)16-22-12-20(3-5-25(19)22)28(39)34-23-4-2-21(26(13-23)29(30,31)32)15-35-7-6-24(17-35)37-8-10-40-11-9-37/h2-5,12-13,19,24H,6-11,14-18H2,1H3,(H2,33,38)(H,34,39)/t19-,24?/m0/s1. The van der Waals surface area contributed by atoms with Crippen molar-refractivity contribution in [2.75, 3.05) is 57.8 Å². The van der Waals surface area contributed by atoms with Gasteiger partial charge in [-0.1, -0.05) is 19.1 Å². The Morgan fingerprint density at radius 2 is 1.82 bits per heavy atom. The number of carbonyl (C=O) groups is 2. The van der Waals surface area contributed by atoms with Gasteiger partial charge in [0.2, 0.25) is 5.91 Å². The lowest BCUT2D eigenvalue weighted by Gasteiger charge is -2.32. The number of likely N-dealkylation sites (tertiary alicyclic amines) is 1. The number of rotatable bonds is 7. The lowest BCUT2D eigenvalue weighted by Crippen LogP contribution is -2.44. The van der Waals surface area contributed by atoms with Gasteiger partial charge >= 0.3 is 6.18 Å². The van der Waals surface area contributed by atoms with Crippen LogP contribution in [0, 0.1) is 0 Å². The molecule has 1 unspecified atom stereocenters. The van der Waals surface area contributed by atoms with E-state index >= 15 is 0 Å². The van der Waals surface area contributed by atoms with Crippen LogP contribution in [-0.2, 0) is 28.8 Å². The summed E-state index contributed by atoms with van der Waals surface area (Å²) in [6.45, 7) is 8.09. The number of amides is 2. The van der Waals surface area contributed by atoms with Crippen molar-refractivity contribution >= 4 is 17.5 Å². The zero-order valence-corrected chi connectivity index (χ0v) is 22.7. The summed E-state index contributed by atoms with van der Waals surface area (Å²) in [5.41, 5.74) is 7.24. The number of anilines is 1. The molecule has 2 aromatic rings. The van der Waals surface area contributed by atoms with E-state index < -0.39 is 23.6 Å². The quantitative estimate of drug-likeness (QED) is 0.541. The second kappa shape index (κ2) is 11.9. The van der Waals surface area contributed by atoms with Gasteiger partial charge in [0.15, 0.2) is 0 Å². The third kappa shape index (κ3) is 6.65. The molecule has 8 nitrogen and oxygen atoms in total. The Labute approximate surface area is 232 Å². The first-order valence-electron chi connectivity index (χ1n) is 13.8. The third-order valence-electron chi connectivity index (χ3n) is 8.12. The van der Waals surface area contributed by atoms with Gasteiger partial charge in [0.1, 0.15) is 0 Å². The third-order valence-corrected chi connectivity index (χ3v) is 8.12. The van der Waals surface area contributed by atoms with Gasteiger partial charge in [0.25, 0.3) is 5.91 Å². The number of morpholine rings is 1. The maximum Gasteiger partial charge on any atom is 0.416 e. The number of fused-ring (bicyclic) bond motifs is 1. The van der Waals surface area contributed by atoms with Gasteiger partial charge in [0.05, 0.1) is 25.3 Å². The Bertz CT molecular complexity index is 1250. The summed E-state index contributed by atoms with van der Waals surface area (Å²) >= 11 is 0. The molecule has 2 aromatic carbocycles. The van der Waals surface area contributed by atoms with Crippen molar-refractivity contribution in [1.82, 2.24) is 14.7 Å². The van der Waals surface area contributed by atoms with E-state index in [-0.39, 0.29) is 30.3 Å². The van der Waals surface area contributed by atoms with E-state index in [1.807, 2.05) is 17.9 Å². The molecule has 3 N–H and O–H groups in total. The maximum atomic E-state index is 14.1. The minimum absolute atomic E-state index is 0.0927. The summed E-state index contributed by atoms with van der Waals surface area (Å²) in [6, 6.07) is 9.67. The molecule has 3 aliphatic rings. The molecule has 0 aromatic heterocycles. The van der Waals surface area contributed by atoms with Crippen molar-refractivity contribution in [3.63, 3.8) is 0 Å². The number of primary amides is 1. The van der Waals surface area contributed by atoms with Crippen LogP contribution in [0.25, 0.3) is 0 Å². The Morgan fingerprint density at radius 1 is 1.05 bits per heavy atom. The number of ether oxygens (including phenoxy) is 1. The van der Waals surface area contributed by atoms with Gasteiger partial charge in [0, 0.05) is 63.1 Å². The van der Waals surface area contributed by atoms with E-state index in [2.05, 4.69) is 15.1 Å². The highest BCUT2D eigenvalue weighted by molar-refractivity contribution is 6.04. The van der Waals surface area contributed by atoms with Crippen LogP contribution in [0.2, 0.25) is 0 Å². The highest BCUT2D eigenvalue weighted by atomic mass is 19.4. The number of alkyl halides is 3. The molecule has 0 spiro atoms. The number of carbonyl (C=O) groups excluding carboxylic acids is 2. The normalized spacial score (nSPS) is 22.7. The fraction of sp³-hybridized carbons (Fsp3) is 0.517. The van der Waals surface area contributed by atoms with E-state index in [0.717, 1.165) is 49.8 Å². The van der Waals surface area contributed by atoms with Crippen LogP contribution in [0.1, 0.15) is 51.9 Å². The van der Waals surface area contributed by atoms with Gasteiger partial charge in [-0.15, -0.1) is 0 Å². The molecular weight excluding hydrogens is 523 g/mol. The van der Waals surface area contributed by atoms with E-state index in [1.54, 1.807) is 12.1 Å². The Kier molecular flexibility index (Phi) is 8.46. The lowest BCUT2D eigenvalue weighted by molar-refractivity contribution is -0.138. The first kappa shape index (κ1) is 28.5. The molecule has 40 heavy (non-hydrogen) atoms. The summed E-state index contributed by atoms with van der Waals surface area (Å²) in [4.78, 5) is 30.8. The molecular formula is C29H36F3N5O3. The van der Waals surface area contributed by atoms with Crippen LogP contribution < -0.4 is 11.1 Å². The molecule has 3 aliphatic heterocycles. The highest BCUT2D eigenvalue weighted by Crippen LogP contribution is 2.35. The second-order valence-electron chi connectivity index (χ2n) is 11.1. The van der Waals surface area contributed by atoms with Gasteiger partial charge in [-0.3, -0.25) is 24.3 Å². The molecule has 2 fully saturated rings. The fourth-order valence-corrected chi connectivity index (χ4v) is 6.19. The summed E-state index contributed by atoms with van der Waals surface area (Å²) in [5, 5.41) is 2.64. The Hall–Kier alpha value is -2.99. The van der Waals surface area contributed by atoms with Crippen molar-refractivity contribution in [1.29, 1.82) is 0 Å². The van der Waals surface area contributed by atoms with Crippen molar-refractivity contribution in [3.05, 3.63) is 64.2 Å². The summed E-state index contributed by atoms with van der Waals surface area (Å²) in [6.07, 6.45) is -3.62. The minimum atomic E-state index is -4.55. The highest BCUT2D eigenvalue weighted by Gasteiger charge is 2.36. The zero-order chi connectivity index (χ0) is 28.4. The molecule has 2 amide bonds. The van der Waals surface area contributed by atoms with E-state index in [0.29, 0.717) is 37.9 Å². The zero-order valence-electron chi connectivity index (χ0n) is 22.7. The predicted molar refractivity (Wildman–Crippen MR) is 145 cm³/mol. The largest absolute Gasteiger partial charge is 0.416 e. The van der Waals surface area contributed by atoms with Gasteiger partial charge < -0.3 is 15.8 Å². The van der Waals surface area contributed by atoms with Crippen LogP contribution in [0.3, 0.4) is 0 Å². The van der Waals surface area contributed by atoms with Crippen molar-refractivity contribution in [2.45, 2.75) is 44.6 Å². The van der Waals surface area contributed by atoms with Crippen LogP contribution in [0.15, 0.2) is 36.4 Å². The summed E-state index contributed by atoms with van der Waals surface area (Å²) in [5.74, 6) is -0.756. The van der Waals surface area contributed by atoms with Crippen LogP contribution >= 0.6 is 0 Å². The first-order valence-corrected chi connectivity index (χ1v) is 13.8. The smallest absolute Gasteiger partial charge is 0.379 e. The number of nitrogens with one attached hydrogen (secondary N) is 1. The van der Waals surface area contributed by atoms with E-state index in [9.17, 15) is 22.8 Å². The van der Waals surface area contributed by atoms with Crippen molar-refractivity contribution in [2.24, 2.45) is 5.73 Å². The van der Waals surface area contributed by atoms with E-state index in [1.165, 1.54) is 12.1 Å². The van der Waals surface area contributed by atoms with E-state index in [4.69, 9.17) is 10.5 Å². The van der Waals surface area contributed by atoms with Gasteiger partial charge in [-0.25, -0.2) is 0 Å². The van der Waals surface area contributed by atoms with Gasteiger partial charge in [-0.2, -0.15) is 13.2 Å². The van der Waals surface area contributed by atoms with Crippen LogP contribution in [-0.4, -0.2) is 85.0 Å². The lowest BCUT2D eigenvalue weighted by atomic mass is 9.89. The second-order valence-corrected chi connectivity index (χ2v) is 11.1. The number of hydrogen-bond donors (Lipinski definition) is 2. The van der Waals surface area contributed by atoms with Crippen molar-refractivity contribution < 1.29 is 27.5 Å². The molecule has 0 bridgehead atoms. The molecule has 0 saturated carbocycles. The molecule has 11 heteroatoms. The number of benzene rings is 2. The summed E-state index contributed by atoms with van der Waals surface area (Å²) < 4.78 is 47.7. The average Bonchev–Trinajstić information content (AvgIpc) is 3.37. The molecule has 2 atom stereocenters. The molecule has 2 saturated heterocycles. The van der Waals surface area contributed by atoms with Crippen LogP contribution in [0.5, 0.6) is 0 Å². The molecule has 216 valence electrons. The van der Waals surface area contributed by atoms with Gasteiger partial charge in [-0.05, 0) is 53.3 Å². The molecule has 0 radical (unpaired) electrons. The average molecular weight is 560 g/mol. The fourth-order valence-electron chi connectivity index (χ4n) is 6.19. The SMILES string of the molecule is C[C@H]1CN(CC(N)=O)Cc2cc(C(=O)Nc3ccc(CN4CCC(N5CCOCC5)C4)c(C(F)(F)F)c3)ccc21. The molecule has 0 aliphatic carbocycles. The van der Waals surface area contributed by atoms with Crippen LogP contribution in [0.4, 0.5) is 18.9 Å². The first-order chi connectivity index (χ1) is 19.1. The molecule has 3 heterocycles. The predicted octanol–water partition coefficient (Wildman–Crippen LogP) is 3.27. The number of nitrogens with zero attached hydrogens (tertiary/aromatic N) is 3. The monoisotopic (exact) mass is 559 g/mol. The topological polar surface area (TPSA) is 91.1 Å². The minimum Gasteiger partial charge on any atom is -0.379 e. The summed E-state index contributed by atoms with van der Waals surface area (Å²) in [7, 11) is 0. The Morgan fingerprint density at radius 3 is 2.55 bits per heavy atom. The van der Waals surface area contributed by atoms with Crippen molar-refractivity contribution in [3.8, 4) is 0 Å². The maximum absolute atomic E-state index is 14.1. The number of halogens is 3.